The zero-order chi connectivity index (χ0) is 14.1. The van der Waals surface area contributed by atoms with E-state index < -0.39 is 0 Å². The average Bonchev–Trinajstić information content (AvgIpc) is 2.74. The number of nitrogens with zero attached hydrogens (tertiary/aromatic N) is 3. The fourth-order valence-electron chi connectivity index (χ4n) is 4.13. The minimum Gasteiger partial charge on any atom is -0.363 e. The highest BCUT2D eigenvalue weighted by Gasteiger charge is 2.39. The van der Waals surface area contributed by atoms with E-state index in [2.05, 4.69) is 35.4 Å². The minimum absolute atomic E-state index is 0.708. The number of aromatic nitrogens is 2. The number of fused-ring (bicyclic) bond motifs is 2. The van der Waals surface area contributed by atoms with Crippen molar-refractivity contribution in [1.82, 2.24) is 15.1 Å². The Kier molecular flexibility index (Phi) is 4.01. The molecular weight excluding hydrogens is 248 g/mol. The summed E-state index contributed by atoms with van der Waals surface area (Å²) in [5.74, 6) is 0. The van der Waals surface area contributed by atoms with Crippen LogP contribution < -0.4 is 10.2 Å². The highest BCUT2D eigenvalue weighted by molar-refractivity contribution is 5.52. The smallest absolute Gasteiger partial charge is 0.0827 e. The minimum atomic E-state index is 0.708. The Hall–Kier alpha value is -1.03. The maximum absolute atomic E-state index is 4.54. The molecule has 2 atom stereocenters. The lowest BCUT2D eigenvalue weighted by atomic mass is 9.81. The first-order valence-electron chi connectivity index (χ1n) is 8.21. The van der Waals surface area contributed by atoms with Gasteiger partial charge in [0, 0.05) is 31.4 Å². The maximum atomic E-state index is 4.54. The first-order valence-corrected chi connectivity index (χ1v) is 8.21. The van der Waals surface area contributed by atoms with Gasteiger partial charge in [-0.3, -0.25) is 4.68 Å². The number of anilines is 1. The molecule has 2 bridgehead atoms. The van der Waals surface area contributed by atoms with Gasteiger partial charge in [-0.25, -0.2) is 0 Å². The van der Waals surface area contributed by atoms with Gasteiger partial charge in [-0.15, -0.1) is 0 Å². The fraction of sp³-hybridized carbons (Fsp3) is 0.812. The number of nitrogens with one attached hydrogen (secondary N) is 1. The van der Waals surface area contributed by atoms with E-state index in [0.29, 0.717) is 12.1 Å². The third kappa shape index (κ3) is 2.58. The zero-order valence-electron chi connectivity index (χ0n) is 13.1. The number of rotatable bonds is 4. The normalized spacial score (nSPS) is 29.8. The standard InChI is InChI=1S/C16H28N4/c1-4-8-17-13-9-14-6-5-7-15(10-13)20(14)16-11-19(3)18-12(16)2/h11,13-15,17H,4-10H2,1-3H3. The van der Waals surface area contributed by atoms with E-state index in [0.717, 1.165) is 12.6 Å². The number of hydrogen-bond acceptors (Lipinski definition) is 3. The van der Waals surface area contributed by atoms with Crippen molar-refractivity contribution in [3.05, 3.63) is 11.9 Å². The second-order valence-corrected chi connectivity index (χ2v) is 6.54. The molecular formula is C16H28N4. The van der Waals surface area contributed by atoms with Gasteiger partial charge in [-0.1, -0.05) is 6.92 Å². The SMILES string of the molecule is CCCNC1CC2CCCC(C1)N2c1cn(C)nc1C. The van der Waals surface area contributed by atoms with Crippen molar-refractivity contribution in [3.63, 3.8) is 0 Å². The number of piperidine rings is 2. The highest BCUT2D eigenvalue weighted by atomic mass is 15.3. The molecule has 4 nitrogen and oxygen atoms in total. The lowest BCUT2D eigenvalue weighted by molar-refractivity contribution is 0.245. The molecule has 0 aromatic carbocycles. The Labute approximate surface area is 122 Å². The Morgan fingerprint density at radius 2 is 2.00 bits per heavy atom. The molecule has 1 aromatic heterocycles. The summed E-state index contributed by atoms with van der Waals surface area (Å²) in [6.07, 6.45) is 10.1. The topological polar surface area (TPSA) is 33.1 Å². The monoisotopic (exact) mass is 276 g/mol. The molecule has 1 N–H and O–H groups in total. The summed E-state index contributed by atoms with van der Waals surface area (Å²) in [6.45, 7) is 5.56. The highest BCUT2D eigenvalue weighted by Crippen LogP contribution is 2.38. The largest absolute Gasteiger partial charge is 0.363 e. The van der Waals surface area contributed by atoms with Crippen LogP contribution in [0.25, 0.3) is 0 Å². The van der Waals surface area contributed by atoms with Crippen molar-refractivity contribution in [2.24, 2.45) is 7.05 Å². The molecule has 2 aliphatic heterocycles. The van der Waals surface area contributed by atoms with E-state index in [-0.39, 0.29) is 0 Å². The van der Waals surface area contributed by atoms with Gasteiger partial charge in [-0.05, 0) is 52.0 Å². The summed E-state index contributed by atoms with van der Waals surface area (Å²) in [5.41, 5.74) is 2.56. The summed E-state index contributed by atoms with van der Waals surface area (Å²) in [6, 6.07) is 2.14. The summed E-state index contributed by atoms with van der Waals surface area (Å²) in [5, 5.41) is 8.29. The summed E-state index contributed by atoms with van der Waals surface area (Å²) >= 11 is 0. The predicted octanol–water partition coefficient (Wildman–Crippen LogP) is 2.62. The van der Waals surface area contributed by atoms with Gasteiger partial charge in [0.25, 0.3) is 0 Å². The van der Waals surface area contributed by atoms with Crippen LogP contribution in [-0.4, -0.2) is 34.5 Å². The van der Waals surface area contributed by atoms with E-state index in [4.69, 9.17) is 0 Å². The second-order valence-electron chi connectivity index (χ2n) is 6.54. The van der Waals surface area contributed by atoms with Crippen LogP contribution >= 0.6 is 0 Å². The zero-order valence-corrected chi connectivity index (χ0v) is 13.1. The van der Waals surface area contributed by atoms with Crippen LogP contribution in [0, 0.1) is 6.92 Å². The van der Waals surface area contributed by atoms with E-state index >= 15 is 0 Å². The van der Waals surface area contributed by atoms with Crippen LogP contribution in [0.5, 0.6) is 0 Å². The summed E-state index contributed by atoms with van der Waals surface area (Å²) in [4.78, 5) is 2.69. The van der Waals surface area contributed by atoms with Gasteiger partial charge in [0.1, 0.15) is 0 Å². The molecule has 4 heteroatoms. The Morgan fingerprint density at radius 1 is 1.30 bits per heavy atom. The predicted molar refractivity (Wildman–Crippen MR) is 83.2 cm³/mol. The quantitative estimate of drug-likeness (QED) is 0.917. The van der Waals surface area contributed by atoms with E-state index in [1.54, 1.807) is 0 Å². The van der Waals surface area contributed by atoms with E-state index in [1.165, 1.54) is 49.9 Å². The van der Waals surface area contributed by atoms with Gasteiger partial charge in [-0.2, -0.15) is 5.10 Å². The molecule has 0 radical (unpaired) electrons. The number of hydrogen-bond donors (Lipinski definition) is 1. The van der Waals surface area contributed by atoms with Gasteiger partial charge in [0.15, 0.2) is 0 Å². The summed E-state index contributed by atoms with van der Waals surface area (Å²) < 4.78 is 1.96. The lowest BCUT2D eigenvalue weighted by Gasteiger charge is -2.50. The fourth-order valence-corrected chi connectivity index (χ4v) is 4.13. The second kappa shape index (κ2) is 5.76. The van der Waals surface area contributed by atoms with Crippen LogP contribution in [0.1, 0.15) is 51.1 Å². The van der Waals surface area contributed by atoms with Crippen molar-refractivity contribution in [3.8, 4) is 0 Å². The lowest BCUT2D eigenvalue weighted by Crippen LogP contribution is -2.56. The third-order valence-corrected chi connectivity index (χ3v) is 4.92. The van der Waals surface area contributed by atoms with Crippen molar-refractivity contribution < 1.29 is 0 Å². The molecule has 0 aliphatic carbocycles. The van der Waals surface area contributed by atoms with Crippen LogP contribution in [0.2, 0.25) is 0 Å². The first-order chi connectivity index (χ1) is 9.69. The molecule has 0 saturated carbocycles. The van der Waals surface area contributed by atoms with Crippen molar-refractivity contribution in [1.29, 1.82) is 0 Å². The summed E-state index contributed by atoms with van der Waals surface area (Å²) in [7, 11) is 2.03. The van der Waals surface area contributed by atoms with Crippen molar-refractivity contribution in [2.75, 3.05) is 11.4 Å². The van der Waals surface area contributed by atoms with E-state index in [9.17, 15) is 0 Å². The van der Waals surface area contributed by atoms with Crippen LogP contribution in [0.3, 0.4) is 0 Å². The van der Waals surface area contributed by atoms with E-state index in [1.807, 2.05) is 11.7 Å². The molecule has 3 heterocycles. The first kappa shape index (κ1) is 13.9. The molecule has 3 rings (SSSR count). The molecule has 1 aromatic rings. The molecule has 20 heavy (non-hydrogen) atoms. The molecule has 112 valence electrons. The van der Waals surface area contributed by atoms with Gasteiger partial charge in [0.05, 0.1) is 11.4 Å². The Balaban J connectivity index is 1.78. The van der Waals surface area contributed by atoms with Crippen molar-refractivity contribution in [2.45, 2.75) is 70.5 Å². The van der Waals surface area contributed by atoms with Crippen LogP contribution in [0.4, 0.5) is 5.69 Å². The van der Waals surface area contributed by atoms with Gasteiger partial charge >= 0.3 is 0 Å². The molecule has 0 amide bonds. The van der Waals surface area contributed by atoms with Crippen LogP contribution in [0.15, 0.2) is 6.20 Å². The molecule has 0 spiro atoms. The Morgan fingerprint density at radius 3 is 2.55 bits per heavy atom. The Bertz CT molecular complexity index is 439. The number of aryl methyl sites for hydroxylation is 2. The molecule has 2 saturated heterocycles. The molecule has 2 unspecified atom stereocenters. The molecule has 2 aliphatic rings. The van der Waals surface area contributed by atoms with Crippen molar-refractivity contribution >= 4 is 5.69 Å². The maximum Gasteiger partial charge on any atom is 0.0827 e. The van der Waals surface area contributed by atoms with Crippen LogP contribution in [-0.2, 0) is 7.05 Å². The van der Waals surface area contributed by atoms with Gasteiger partial charge in [0.2, 0.25) is 0 Å². The third-order valence-electron chi connectivity index (χ3n) is 4.92. The molecule has 2 fully saturated rings. The van der Waals surface area contributed by atoms with Gasteiger partial charge < -0.3 is 10.2 Å². The average molecular weight is 276 g/mol.